The van der Waals surface area contributed by atoms with Crippen LogP contribution in [0.2, 0.25) is 0 Å². The molecule has 2 rings (SSSR count). The summed E-state index contributed by atoms with van der Waals surface area (Å²) < 4.78 is 0. The summed E-state index contributed by atoms with van der Waals surface area (Å²) in [5, 5.41) is 21.4. The molecule has 0 saturated carbocycles. The van der Waals surface area contributed by atoms with Gasteiger partial charge in [-0.2, -0.15) is 0 Å². The maximum absolute atomic E-state index is 12.1. The highest BCUT2D eigenvalue weighted by Gasteiger charge is 2.55. The zero-order chi connectivity index (χ0) is 14.4. The van der Waals surface area contributed by atoms with Gasteiger partial charge in [-0.25, -0.2) is 5.43 Å². The second-order valence-corrected chi connectivity index (χ2v) is 6.01. The summed E-state index contributed by atoms with van der Waals surface area (Å²) in [6, 6.07) is 6.45. The molecule has 1 aromatic rings. The van der Waals surface area contributed by atoms with Crippen LogP contribution in [0.4, 0.5) is 0 Å². The molecule has 1 aromatic carbocycles. The van der Waals surface area contributed by atoms with Crippen LogP contribution in [0.3, 0.4) is 0 Å². The smallest absolute Gasteiger partial charge is 0.299 e. The Morgan fingerprint density at radius 1 is 1.21 bits per heavy atom. The summed E-state index contributed by atoms with van der Waals surface area (Å²) in [6.45, 7) is 7.42. The molecule has 0 bridgehead atoms. The van der Waals surface area contributed by atoms with Crippen LogP contribution in [-0.4, -0.2) is 32.5 Å². The highest BCUT2D eigenvalue weighted by molar-refractivity contribution is 5.86. The molecule has 1 amide bonds. The van der Waals surface area contributed by atoms with E-state index in [0.29, 0.717) is 5.56 Å². The van der Waals surface area contributed by atoms with Crippen molar-refractivity contribution < 1.29 is 15.0 Å². The van der Waals surface area contributed by atoms with E-state index in [0.717, 1.165) is 5.56 Å². The van der Waals surface area contributed by atoms with Gasteiger partial charge in [0.05, 0.1) is 5.54 Å². The molecule has 1 fully saturated rings. The third-order valence-electron chi connectivity index (χ3n) is 3.26. The first-order chi connectivity index (χ1) is 8.64. The van der Waals surface area contributed by atoms with Crippen molar-refractivity contribution in [3.8, 4) is 0 Å². The lowest BCUT2D eigenvalue weighted by molar-refractivity contribution is -0.188. The predicted molar refractivity (Wildman–Crippen MR) is 70.8 cm³/mol. The number of aliphatic hydroxyl groups is 2. The number of benzene rings is 1. The monoisotopic (exact) mass is 264 g/mol. The van der Waals surface area contributed by atoms with Crippen molar-refractivity contribution in [2.24, 2.45) is 0 Å². The number of nitrogens with zero attached hydrogens (tertiary/aromatic N) is 1. The summed E-state index contributed by atoms with van der Waals surface area (Å²) in [4.78, 5) is 12.1. The maximum atomic E-state index is 12.1. The fourth-order valence-electron chi connectivity index (χ4n) is 2.13. The minimum atomic E-state index is -2.43. The Labute approximate surface area is 112 Å². The molecule has 3 N–H and O–H groups in total. The summed E-state index contributed by atoms with van der Waals surface area (Å²) >= 11 is 0. The van der Waals surface area contributed by atoms with Gasteiger partial charge in [0, 0.05) is 0 Å². The van der Waals surface area contributed by atoms with Gasteiger partial charge in [-0.3, -0.25) is 9.80 Å². The van der Waals surface area contributed by atoms with E-state index < -0.39 is 23.3 Å². The average molecular weight is 264 g/mol. The number of hydrogen-bond donors (Lipinski definition) is 3. The van der Waals surface area contributed by atoms with E-state index in [2.05, 4.69) is 5.43 Å². The Morgan fingerprint density at radius 3 is 2.16 bits per heavy atom. The van der Waals surface area contributed by atoms with Crippen molar-refractivity contribution in [1.82, 2.24) is 10.4 Å². The molecule has 0 aliphatic carbocycles. The summed E-state index contributed by atoms with van der Waals surface area (Å²) in [5.41, 5.74) is 4.09. The predicted octanol–water partition coefficient (Wildman–Crippen LogP) is 0.862. The lowest BCUT2D eigenvalue weighted by Gasteiger charge is -2.31. The molecular weight excluding hydrogens is 244 g/mol. The fourth-order valence-corrected chi connectivity index (χ4v) is 2.13. The number of hydrazine groups is 1. The fraction of sp³-hybridized carbons (Fsp3) is 0.500. The zero-order valence-electron chi connectivity index (χ0n) is 11.6. The molecule has 1 unspecified atom stereocenters. The molecule has 1 saturated heterocycles. The van der Waals surface area contributed by atoms with Gasteiger partial charge < -0.3 is 10.2 Å². The SMILES string of the molecule is Cc1ccc(C2NN(C(C)(C)C)C(=O)C2(O)O)cc1. The molecule has 0 aromatic heterocycles. The number of carbonyl (C=O) groups excluding carboxylic acids is 1. The first-order valence-corrected chi connectivity index (χ1v) is 6.26. The average Bonchev–Trinajstić information content (AvgIpc) is 2.52. The van der Waals surface area contributed by atoms with Crippen LogP contribution in [0.15, 0.2) is 24.3 Å². The molecule has 104 valence electrons. The summed E-state index contributed by atoms with van der Waals surface area (Å²) in [5.74, 6) is -3.16. The van der Waals surface area contributed by atoms with Gasteiger partial charge in [0.25, 0.3) is 11.7 Å². The van der Waals surface area contributed by atoms with Crippen LogP contribution in [0.25, 0.3) is 0 Å². The Kier molecular flexibility index (Phi) is 3.16. The molecule has 19 heavy (non-hydrogen) atoms. The first kappa shape index (κ1) is 14.0. The van der Waals surface area contributed by atoms with Gasteiger partial charge in [0.1, 0.15) is 6.04 Å². The molecule has 0 spiro atoms. The molecule has 0 radical (unpaired) electrons. The first-order valence-electron chi connectivity index (χ1n) is 6.26. The Morgan fingerprint density at radius 2 is 1.74 bits per heavy atom. The van der Waals surface area contributed by atoms with Crippen LogP contribution < -0.4 is 5.43 Å². The molecular formula is C14H20N2O3. The molecule has 1 aliphatic heterocycles. The quantitative estimate of drug-likeness (QED) is 0.658. The Bertz CT molecular complexity index is 488. The van der Waals surface area contributed by atoms with Crippen molar-refractivity contribution in [1.29, 1.82) is 0 Å². The van der Waals surface area contributed by atoms with Gasteiger partial charge in [-0.05, 0) is 33.3 Å². The van der Waals surface area contributed by atoms with Crippen molar-refractivity contribution in [2.45, 2.75) is 45.1 Å². The second-order valence-electron chi connectivity index (χ2n) is 6.01. The van der Waals surface area contributed by atoms with Crippen LogP contribution in [0.1, 0.15) is 37.9 Å². The number of carbonyl (C=O) groups is 1. The summed E-state index contributed by atoms with van der Waals surface area (Å²) in [7, 11) is 0. The van der Waals surface area contributed by atoms with E-state index in [1.165, 1.54) is 5.01 Å². The van der Waals surface area contributed by atoms with E-state index in [9.17, 15) is 15.0 Å². The van der Waals surface area contributed by atoms with Gasteiger partial charge >= 0.3 is 0 Å². The lowest BCUT2D eigenvalue weighted by Crippen LogP contribution is -2.50. The third kappa shape index (κ3) is 2.36. The van der Waals surface area contributed by atoms with E-state index in [-0.39, 0.29) is 0 Å². The van der Waals surface area contributed by atoms with E-state index in [1.54, 1.807) is 12.1 Å². The third-order valence-corrected chi connectivity index (χ3v) is 3.26. The van der Waals surface area contributed by atoms with Crippen LogP contribution in [-0.2, 0) is 4.79 Å². The Hall–Kier alpha value is -1.43. The maximum Gasteiger partial charge on any atom is 0.299 e. The standard InChI is InChI=1S/C14H20N2O3/c1-9-5-7-10(8-6-9)11-14(18,19)12(17)16(15-11)13(2,3)4/h5-8,11,15,18-19H,1-4H3. The van der Waals surface area contributed by atoms with E-state index in [1.807, 2.05) is 39.8 Å². The second kappa shape index (κ2) is 4.30. The topological polar surface area (TPSA) is 72.8 Å². The van der Waals surface area contributed by atoms with Gasteiger partial charge in [0.15, 0.2) is 0 Å². The van der Waals surface area contributed by atoms with Crippen LogP contribution in [0.5, 0.6) is 0 Å². The zero-order valence-corrected chi connectivity index (χ0v) is 11.6. The van der Waals surface area contributed by atoms with E-state index >= 15 is 0 Å². The van der Waals surface area contributed by atoms with Gasteiger partial charge in [-0.1, -0.05) is 29.8 Å². The normalized spacial score (nSPS) is 22.9. The molecule has 5 nitrogen and oxygen atoms in total. The van der Waals surface area contributed by atoms with E-state index in [4.69, 9.17) is 0 Å². The van der Waals surface area contributed by atoms with Crippen LogP contribution >= 0.6 is 0 Å². The molecule has 1 aliphatic rings. The number of nitrogens with one attached hydrogen (secondary N) is 1. The molecule has 1 heterocycles. The summed E-state index contributed by atoms with van der Waals surface area (Å²) in [6.07, 6.45) is 0. The highest BCUT2D eigenvalue weighted by Crippen LogP contribution is 2.34. The van der Waals surface area contributed by atoms with Gasteiger partial charge in [-0.15, -0.1) is 0 Å². The van der Waals surface area contributed by atoms with Crippen molar-refractivity contribution in [3.63, 3.8) is 0 Å². The van der Waals surface area contributed by atoms with Crippen LogP contribution in [0, 0.1) is 6.92 Å². The van der Waals surface area contributed by atoms with Crippen molar-refractivity contribution in [2.75, 3.05) is 0 Å². The minimum absolute atomic E-state index is 0.534. The largest absolute Gasteiger partial charge is 0.357 e. The lowest BCUT2D eigenvalue weighted by atomic mass is 9.99. The number of aryl methyl sites for hydroxylation is 1. The molecule has 1 atom stereocenters. The Balaban J connectivity index is 2.37. The molecule has 5 heteroatoms. The minimum Gasteiger partial charge on any atom is -0.357 e. The highest BCUT2D eigenvalue weighted by atomic mass is 16.5. The van der Waals surface area contributed by atoms with Gasteiger partial charge in [0.2, 0.25) is 0 Å². The number of hydrogen-bond acceptors (Lipinski definition) is 4. The number of rotatable bonds is 1. The van der Waals surface area contributed by atoms with Crippen molar-refractivity contribution in [3.05, 3.63) is 35.4 Å². The number of amides is 1. The van der Waals surface area contributed by atoms with Crippen molar-refractivity contribution >= 4 is 5.91 Å².